The number of aromatic nitrogens is 4. The van der Waals surface area contributed by atoms with Crippen LogP contribution in [-0.2, 0) is 11.3 Å². The van der Waals surface area contributed by atoms with Crippen molar-refractivity contribution in [3.05, 3.63) is 17.5 Å². The normalized spacial score (nSPS) is 22.2. The zero-order valence-electron chi connectivity index (χ0n) is 11.6. The topological polar surface area (TPSA) is 74.8 Å². The van der Waals surface area contributed by atoms with E-state index in [9.17, 15) is 13.6 Å². The van der Waals surface area contributed by atoms with E-state index in [1.165, 1.54) is 0 Å². The SMILES string of the molecule is O=C(C1CCC(=C(F)F)CC1)N(Cc1nn[nH]n1)C1CC1. The Labute approximate surface area is 120 Å². The van der Waals surface area contributed by atoms with Crippen LogP contribution in [0, 0.1) is 5.92 Å². The van der Waals surface area contributed by atoms with E-state index in [-0.39, 0.29) is 23.4 Å². The molecule has 114 valence electrons. The zero-order valence-corrected chi connectivity index (χ0v) is 11.6. The number of aromatic amines is 1. The summed E-state index contributed by atoms with van der Waals surface area (Å²) in [6.07, 6.45) is 2.04. The number of carbonyl (C=O) groups is 1. The molecule has 8 heteroatoms. The number of amides is 1. The molecule has 0 bridgehead atoms. The maximum absolute atomic E-state index is 12.6. The van der Waals surface area contributed by atoms with Crippen LogP contribution in [0.5, 0.6) is 0 Å². The van der Waals surface area contributed by atoms with Crippen LogP contribution in [0.2, 0.25) is 0 Å². The summed E-state index contributed by atoms with van der Waals surface area (Å²) in [6.45, 7) is 0.344. The third-order valence-corrected chi connectivity index (χ3v) is 4.18. The predicted octanol–water partition coefficient (Wildman–Crippen LogP) is 2.03. The van der Waals surface area contributed by atoms with Gasteiger partial charge in [-0.15, -0.1) is 10.2 Å². The lowest BCUT2D eigenvalue weighted by Crippen LogP contribution is -2.38. The molecule has 0 atom stereocenters. The van der Waals surface area contributed by atoms with Gasteiger partial charge in [0, 0.05) is 12.0 Å². The molecule has 1 heterocycles. The lowest BCUT2D eigenvalue weighted by Gasteiger charge is -2.29. The predicted molar refractivity (Wildman–Crippen MR) is 68.9 cm³/mol. The minimum Gasteiger partial charge on any atom is -0.332 e. The number of halogens is 2. The van der Waals surface area contributed by atoms with Crippen molar-refractivity contribution in [2.45, 2.75) is 51.1 Å². The molecular weight excluding hydrogens is 280 g/mol. The van der Waals surface area contributed by atoms with Crippen LogP contribution in [0.4, 0.5) is 8.78 Å². The molecule has 2 aliphatic carbocycles. The smallest absolute Gasteiger partial charge is 0.269 e. The molecule has 21 heavy (non-hydrogen) atoms. The highest BCUT2D eigenvalue weighted by Gasteiger charge is 2.37. The van der Waals surface area contributed by atoms with Gasteiger partial charge in [0.2, 0.25) is 5.91 Å². The van der Waals surface area contributed by atoms with Gasteiger partial charge in [-0.3, -0.25) is 4.79 Å². The molecule has 2 fully saturated rings. The van der Waals surface area contributed by atoms with Crippen LogP contribution in [-0.4, -0.2) is 37.5 Å². The van der Waals surface area contributed by atoms with Gasteiger partial charge in [0.15, 0.2) is 5.82 Å². The summed E-state index contributed by atoms with van der Waals surface area (Å²) in [5, 5.41) is 13.6. The Bertz CT molecular complexity index is 527. The number of hydrogen-bond acceptors (Lipinski definition) is 4. The first-order valence-corrected chi connectivity index (χ1v) is 7.21. The van der Waals surface area contributed by atoms with Gasteiger partial charge in [-0.1, -0.05) is 5.21 Å². The highest BCUT2D eigenvalue weighted by atomic mass is 19.3. The van der Waals surface area contributed by atoms with Crippen LogP contribution in [0.1, 0.15) is 44.3 Å². The summed E-state index contributed by atoms with van der Waals surface area (Å²) in [7, 11) is 0. The fourth-order valence-corrected chi connectivity index (χ4v) is 2.81. The Morgan fingerprint density at radius 2 is 1.95 bits per heavy atom. The summed E-state index contributed by atoms with van der Waals surface area (Å²) in [6, 6.07) is 0.242. The Morgan fingerprint density at radius 1 is 1.24 bits per heavy atom. The standard InChI is InChI=1S/C13H17F2N5O/c14-12(15)8-1-3-9(4-2-8)13(21)20(10-5-6-10)7-11-16-18-19-17-11/h9-10H,1-7H2,(H,16,17,18,19). The molecular formula is C13H17F2N5O. The van der Waals surface area contributed by atoms with Crippen molar-refractivity contribution in [1.82, 2.24) is 25.5 Å². The van der Waals surface area contributed by atoms with Crippen LogP contribution in [0.15, 0.2) is 11.7 Å². The van der Waals surface area contributed by atoms with E-state index in [1.54, 1.807) is 4.90 Å². The molecule has 1 aromatic heterocycles. The number of allylic oxidation sites excluding steroid dienone is 1. The minimum absolute atomic E-state index is 0.0422. The molecule has 2 saturated carbocycles. The second-order valence-corrected chi connectivity index (χ2v) is 5.66. The van der Waals surface area contributed by atoms with E-state index in [1.807, 2.05) is 0 Å². The Hall–Kier alpha value is -1.86. The molecule has 0 aromatic carbocycles. The van der Waals surface area contributed by atoms with E-state index in [4.69, 9.17) is 0 Å². The molecule has 0 radical (unpaired) electrons. The Kier molecular flexibility index (Phi) is 3.94. The third-order valence-electron chi connectivity index (χ3n) is 4.18. The number of nitrogens with one attached hydrogen (secondary N) is 1. The van der Waals surface area contributed by atoms with Gasteiger partial charge in [0.05, 0.1) is 6.54 Å². The van der Waals surface area contributed by atoms with Gasteiger partial charge in [-0.05, 0) is 44.1 Å². The largest absolute Gasteiger partial charge is 0.332 e. The average Bonchev–Trinajstić information content (AvgIpc) is 3.20. The number of carbonyl (C=O) groups excluding carboxylic acids is 1. The fourth-order valence-electron chi connectivity index (χ4n) is 2.81. The van der Waals surface area contributed by atoms with Crippen LogP contribution in [0.25, 0.3) is 0 Å². The van der Waals surface area contributed by atoms with E-state index >= 15 is 0 Å². The van der Waals surface area contributed by atoms with Crippen molar-refractivity contribution in [3.63, 3.8) is 0 Å². The van der Waals surface area contributed by atoms with E-state index in [0.717, 1.165) is 12.8 Å². The van der Waals surface area contributed by atoms with Crippen molar-refractivity contribution >= 4 is 5.91 Å². The number of nitrogens with zero attached hydrogens (tertiary/aromatic N) is 4. The Morgan fingerprint density at radius 3 is 2.48 bits per heavy atom. The lowest BCUT2D eigenvalue weighted by molar-refractivity contribution is -0.137. The molecule has 6 nitrogen and oxygen atoms in total. The van der Waals surface area contributed by atoms with Gasteiger partial charge in [0.1, 0.15) is 0 Å². The first-order chi connectivity index (χ1) is 10.1. The molecule has 1 amide bonds. The maximum atomic E-state index is 12.6. The van der Waals surface area contributed by atoms with Crippen LogP contribution < -0.4 is 0 Å². The van der Waals surface area contributed by atoms with Gasteiger partial charge in [-0.25, -0.2) is 0 Å². The number of H-pyrrole nitrogens is 1. The summed E-state index contributed by atoms with van der Waals surface area (Å²) in [5.74, 6) is 0.364. The average molecular weight is 297 g/mol. The summed E-state index contributed by atoms with van der Waals surface area (Å²) < 4.78 is 25.1. The quantitative estimate of drug-likeness (QED) is 0.922. The highest BCUT2D eigenvalue weighted by molar-refractivity contribution is 5.79. The van der Waals surface area contributed by atoms with Crippen LogP contribution in [0.3, 0.4) is 0 Å². The molecule has 3 rings (SSSR count). The first-order valence-electron chi connectivity index (χ1n) is 7.21. The van der Waals surface area contributed by atoms with E-state index < -0.39 is 6.08 Å². The second kappa shape index (κ2) is 5.87. The number of hydrogen-bond donors (Lipinski definition) is 1. The molecule has 1 aromatic rings. The minimum atomic E-state index is -1.58. The van der Waals surface area contributed by atoms with Gasteiger partial charge in [-0.2, -0.15) is 14.0 Å². The summed E-state index contributed by atoms with van der Waals surface area (Å²) >= 11 is 0. The molecule has 2 aliphatic rings. The van der Waals surface area contributed by atoms with Gasteiger partial charge in [0.25, 0.3) is 6.08 Å². The fraction of sp³-hybridized carbons (Fsp3) is 0.692. The molecule has 0 spiro atoms. The molecule has 1 N–H and O–H groups in total. The molecule has 0 unspecified atom stereocenters. The van der Waals surface area contributed by atoms with Crippen LogP contribution >= 0.6 is 0 Å². The first kappa shape index (κ1) is 14.1. The van der Waals surface area contributed by atoms with E-state index in [0.29, 0.717) is 38.1 Å². The highest BCUT2D eigenvalue weighted by Crippen LogP contribution is 2.35. The second-order valence-electron chi connectivity index (χ2n) is 5.66. The summed E-state index contributed by atoms with van der Waals surface area (Å²) in [4.78, 5) is 14.4. The molecule has 0 aliphatic heterocycles. The van der Waals surface area contributed by atoms with Crippen molar-refractivity contribution in [1.29, 1.82) is 0 Å². The van der Waals surface area contributed by atoms with Gasteiger partial charge < -0.3 is 4.90 Å². The summed E-state index contributed by atoms with van der Waals surface area (Å²) in [5.41, 5.74) is 0.204. The van der Waals surface area contributed by atoms with E-state index in [2.05, 4.69) is 20.6 Å². The number of rotatable bonds is 4. The lowest BCUT2D eigenvalue weighted by atomic mass is 9.85. The maximum Gasteiger partial charge on any atom is 0.269 e. The number of tetrazole rings is 1. The van der Waals surface area contributed by atoms with Crippen molar-refractivity contribution in [2.75, 3.05) is 0 Å². The monoisotopic (exact) mass is 297 g/mol. The zero-order chi connectivity index (χ0) is 14.8. The van der Waals surface area contributed by atoms with Gasteiger partial charge >= 0.3 is 0 Å². The van der Waals surface area contributed by atoms with Crippen molar-refractivity contribution < 1.29 is 13.6 Å². The third kappa shape index (κ3) is 3.25. The molecule has 0 saturated heterocycles. The van der Waals surface area contributed by atoms with Crippen molar-refractivity contribution in [2.24, 2.45) is 5.92 Å². The van der Waals surface area contributed by atoms with Crippen molar-refractivity contribution in [3.8, 4) is 0 Å². The Balaban J connectivity index is 1.64.